The van der Waals surface area contributed by atoms with Crippen LogP contribution in [0.25, 0.3) is 0 Å². The summed E-state index contributed by atoms with van der Waals surface area (Å²) >= 11 is 0. The Morgan fingerprint density at radius 2 is 2.10 bits per heavy atom. The molecule has 0 aliphatic rings. The molecule has 0 radical (unpaired) electrons. The molecule has 6 nitrogen and oxygen atoms in total. The number of nitrogens with zero attached hydrogens (tertiary/aromatic N) is 1. The third kappa shape index (κ3) is 4.53. The van der Waals surface area contributed by atoms with E-state index in [2.05, 4.69) is 17.0 Å². The monoisotopic (exact) mass is 280 g/mol. The van der Waals surface area contributed by atoms with Gasteiger partial charge in [-0.1, -0.05) is 26.2 Å². The number of nitro benzene ring substituents is 1. The Balaban J connectivity index is 2.74. The van der Waals surface area contributed by atoms with Crippen molar-refractivity contribution in [2.24, 2.45) is 0 Å². The van der Waals surface area contributed by atoms with E-state index in [1.807, 2.05) is 0 Å². The van der Waals surface area contributed by atoms with E-state index in [1.165, 1.54) is 32.1 Å². The molecule has 1 N–H and O–H groups in total. The maximum atomic E-state index is 11.6. The number of esters is 1. The van der Waals surface area contributed by atoms with Crippen LogP contribution in [0.3, 0.4) is 0 Å². The van der Waals surface area contributed by atoms with Gasteiger partial charge in [0.05, 0.1) is 12.0 Å². The SMILES string of the molecule is CCCCCCNc1ccc([N+](=O)[O-])c(C(=O)OC)c1. The smallest absolute Gasteiger partial charge is 0.344 e. The van der Waals surface area contributed by atoms with E-state index >= 15 is 0 Å². The van der Waals surface area contributed by atoms with Crippen molar-refractivity contribution >= 4 is 17.3 Å². The number of unbranched alkanes of at least 4 members (excludes halogenated alkanes) is 3. The molecule has 1 rings (SSSR count). The number of nitro groups is 1. The van der Waals surface area contributed by atoms with E-state index in [1.54, 1.807) is 6.07 Å². The molecular formula is C14H20N2O4. The van der Waals surface area contributed by atoms with Gasteiger partial charge in [-0.25, -0.2) is 4.79 Å². The van der Waals surface area contributed by atoms with Crippen molar-refractivity contribution in [1.29, 1.82) is 0 Å². The summed E-state index contributed by atoms with van der Waals surface area (Å²) in [4.78, 5) is 21.8. The van der Waals surface area contributed by atoms with Crippen molar-refractivity contribution in [1.82, 2.24) is 0 Å². The lowest BCUT2D eigenvalue weighted by molar-refractivity contribution is -0.385. The molecule has 0 spiro atoms. The second-order valence-corrected chi connectivity index (χ2v) is 4.47. The molecule has 0 fully saturated rings. The number of carbonyl (C=O) groups is 1. The fourth-order valence-electron chi connectivity index (χ4n) is 1.86. The molecule has 0 aromatic heterocycles. The van der Waals surface area contributed by atoms with Crippen LogP contribution in [-0.2, 0) is 4.74 Å². The van der Waals surface area contributed by atoms with Crippen LogP contribution in [0.15, 0.2) is 18.2 Å². The van der Waals surface area contributed by atoms with Crippen LogP contribution >= 0.6 is 0 Å². The Morgan fingerprint density at radius 1 is 1.35 bits per heavy atom. The van der Waals surface area contributed by atoms with Crippen molar-refractivity contribution in [2.45, 2.75) is 32.6 Å². The third-order valence-electron chi connectivity index (χ3n) is 2.96. The summed E-state index contributed by atoms with van der Waals surface area (Å²) in [5.41, 5.74) is 0.414. The molecular weight excluding hydrogens is 260 g/mol. The number of benzene rings is 1. The van der Waals surface area contributed by atoms with Crippen LogP contribution in [0, 0.1) is 10.1 Å². The molecule has 0 aliphatic heterocycles. The molecule has 0 heterocycles. The number of rotatable bonds is 8. The first kappa shape index (κ1) is 15.9. The summed E-state index contributed by atoms with van der Waals surface area (Å²) in [6, 6.07) is 4.38. The summed E-state index contributed by atoms with van der Waals surface area (Å²) in [5, 5.41) is 14.0. The summed E-state index contributed by atoms with van der Waals surface area (Å²) in [6.07, 6.45) is 4.53. The molecule has 20 heavy (non-hydrogen) atoms. The van der Waals surface area contributed by atoms with Gasteiger partial charge in [0.15, 0.2) is 0 Å². The number of anilines is 1. The highest BCUT2D eigenvalue weighted by Gasteiger charge is 2.21. The average Bonchev–Trinajstić information content (AvgIpc) is 2.45. The normalized spacial score (nSPS) is 10.1. The number of nitrogens with one attached hydrogen (secondary N) is 1. The third-order valence-corrected chi connectivity index (χ3v) is 2.96. The Hall–Kier alpha value is -2.11. The summed E-state index contributed by atoms with van der Waals surface area (Å²) in [7, 11) is 1.21. The first-order chi connectivity index (χ1) is 9.60. The molecule has 110 valence electrons. The zero-order valence-corrected chi connectivity index (χ0v) is 11.8. The molecule has 0 unspecified atom stereocenters. The van der Waals surface area contributed by atoms with Gasteiger partial charge in [-0.3, -0.25) is 10.1 Å². The minimum absolute atomic E-state index is 0.0314. The Labute approximate surface area is 118 Å². The number of ether oxygens (including phenoxy) is 1. The van der Waals surface area contributed by atoms with E-state index in [4.69, 9.17) is 0 Å². The van der Waals surface area contributed by atoms with Crippen molar-refractivity contribution < 1.29 is 14.5 Å². The number of hydrogen-bond acceptors (Lipinski definition) is 5. The predicted octanol–water partition coefficient (Wildman–Crippen LogP) is 3.37. The van der Waals surface area contributed by atoms with Gasteiger partial charge in [-0.2, -0.15) is 0 Å². The number of carbonyl (C=O) groups excluding carboxylic acids is 1. The van der Waals surface area contributed by atoms with E-state index < -0.39 is 10.9 Å². The lowest BCUT2D eigenvalue weighted by Crippen LogP contribution is -2.08. The van der Waals surface area contributed by atoms with Crippen molar-refractivity contribution in [3.63, 3.8) is 0 Å². The summed E-state index contributed by atoms with van der Waals surface area (Å²) in [5.74, 6) is -0.702. The topological polar surface area (TPSA) is 81.5 Å². The highest BCUT2D eigenvalue weighted by atomic mass is 16.6. The minimum Gasteiger partial charge on any atom is -0.465 e. The second-order valence-electron chi connectivity index (χ2n) is 4.47. The highest BCUT2D eigenvalue weighted by molar-refractivity contribution is 5.95. The molecule has 0 atom stereocenters. The molecule has 0 saturated carbocycles. The van der Waals surface area contributed by atoms with Gasteiger partial charge in [-0.05, 0) is 18.6 Å². The van der Waals surface area contributed by atoms with Crippen LogP contribution in [0.1, 0.15) is 43.0 Å². The van der Waals surface area contributed by atoms with E-state index in [9.17, 15) is 14.9 Å². The molecule has 0 bridgehead atoms. The van der Waals surface area contributed by atoms with E-state index in [-0.39, 0.29) is 11.3 Å². The summed E-state index contributed by atoms with van der Waals surface area (Å²) in [6.45, 7) is 2.92. The van der Waals surface area contributed by atoms with Crippen LogP contribution in [0.4, 0.5) is 11.4 Å². The van der Waals surface area contributed by atoms with Crippen molar-refractivity contribution in [3.8, 4) is 0 Å². The first-order valence-corrected chi connectivity index (χ1v) is 6.70. The number of hydrogen-bond donors (Lipinski definition) is 1. The fraction of sp³-hybridized carbons (Fsp3) is 0.500. The fourth-order valence-corrected chi connectivity index (χ4v) is 1.86. The predicted molar refractivity (Wildman–Crippen MR) is 77.1 cm³/mol. The Bertz CT molecular complexity index is 474. The van der Waals surface area contributed by atoms with Crippen molar-refractivity contribution in [3.05, 3.63) is 33.9 Å². The van der Waals surface area contributed by atoms with Gasteiger partial charge in [0.25, 0.3) is 5.69 Å². The Kier molecular flexibility index (Phi) is 6.49. The van der Waals surface area contributed by atoms with Gasteiger partial charge < -0.3 is 10.1 Å². The second kappa shape index (κ2) is 8.14. The molecule has 1 aromatic rings. The molecule has 0 amide bonds. The van der Waals surface area contributed by atoms with E-state index in [0.717, 1.165) is 19.4 Å². The van der Waals surface area contributed by atoms with Crippen LogP contribution < -0.4 is 5.32 Å². The lowest BCUT2D eigenvalue weighted by atomic mass is 10.1. The molecule has 0 aliphatic carbocycles. The zero-order chi connectivity index (χ0) is 15.0. The van der Waals surface area contributed by atoms with Gasteiger partial charge in [0.2, 0.25) is 0 Å². The quantitative estimate of drug-likeness (QED) is 0.341. The van der Waals surface area contributed by atoms with Crippen LogP contribution in [-0.4, -0.2) is 24.5 Å². The largest absolute Gasteiger partial charge is 0.465 e. The first-order valence-electron chi connectivity index (χ1n) is 6.70. The van der Waals surface area contributed by atoms with Crippen LogP contribution in [0.5, 0.6) is 0 Å². The van der Waals surface area contributed by atoms with Gasteiger partial charge >= 0.3 is 5.97 Å². The standard InChI is InChI=1S/C14H20N2O4/c1-3-4-5-6-9-15-11-7-8-13(16(18)19)12(10-11)14(17)20-2/h7-8,10,15H,3-6,9H2,1-2H3. The molecule has 6 heteroatoms. The zero-order valence-electron chi connectivity index (χ0n) is 11.8. The maximum Gasteiger partial charge on any atom is 0.344 e. The van der Waals surface area contributed by atoms with Crippen molar-refractivity contribution in [2.75, 3.05) is 19.0 Å². The molecule has 0 saturated heterocycles. The summed E-state index contributed by atoms with van der Waals surface area (Å²) < 4.78 is 4.57. The van der Waals surface area contributed by atoms with Gasteiger partial charge in [-0.15, -0.1) is 0 Å². The van der Waals surface area contributed by atoms with E-state index in [0.29, 0.717) is 5.69 Å². The maximum absolute atomic E-state index is 11.6. The highest BCUT2D eigenvalue weighted by Crippen LogP contribution is 2.23. The number of methoxy groups -OCH3 is 1. The van der Waals surface area contributed by atoms with Gasteiger partial charge in [0.1, 0.15) is 5.56 Å². The minimum atomic E-state index is -0.702. The van der Waals surface area contributed by atoms with Gasteiger partial charge in [0, 0.05) is 18.3 Å². The average molecular weight is 280 g/mol. The van der Waals surface area contributed by atoms with Crippen LogP contribution in [0.2, 0.25) is 0 Å². The Morgan fingerprint density at radius 3 is 2.70 bits per heavy atom. The molecule has 1 aromatic carbocycles. The lowest BCUT2D eigenvalue weighted by Gasteiger charge is -2.08.